The average molecular weight is 626 g/mol. The molecule has 3 heteroatoms. The van der Waals surface area contributed by atoms with E-state index >= 15 is 0 Å². The van der Waals surface area contributed by atoms with Crippen molar-refractivity contribution in [3.05, 3.63) is 211 Å². The summed E-state index contributed by atoms with van der Waals surface area (Å²) in [5.41, 5.74) is 13.8. The molecule has 8 aromatic rings. The first-order valence-electron chi connectivity index (χ1n) is 16.6. The lowest BCUT2D eigenvalue weighted by molar-refractivity contribution is 0.735. The Morgan fingerprint density at radius 2 is 0.939 bits per heavy atom. The number of rotatable bonds is 6. The molecule has 0 amide bonds. The van der Waals surface area contributed by atoms with Crippen LogP contribution in [0.4, 0.5) is 0 Å². The Morgan fingerprint density at radius 1 is 0.367 bits per heavy atom. The van der Waals surface area contributed by atoms with E-state index in [1.165, 1.54) is 27.8 Å². The largest absolute Gasteiger partial charge is 0.260 e. The SMILES string of the molecule is c1ccc(-c2cc(-c3ccccc3)nc(-c3cccc(-c4ccc5c(c4)-c4ccccc4C5(c4ccccc4)c4ccccn4)c3)n2)cc1. The summed E-state index contributed by atoms with van der Waals surface area (Å²) in [6, 6.07) is 64.0. The minimum Gasteiger partial charge on any atom is -0.260 e. The molecule has 1 aliphatic carbocycles. The Kier molecular flexibility index (Phi) is 7.02. The minimum atomic E-state index is -0.519. The van der Waals surface area contributed by atoms with E-state index in [9.17, 15) is 0 Å². The molecule has 0 saturated carbocycles. The Bertz CT molecular complexity index is 2320. The van der Waals surface area contributed by atoms with E-state index in [2.05, 4.69) is 140 Å². The molecule has 1 aliphatic rings. The van der Waals surface area contributed by atoms with Crippen molar-refractivity contribution in [2.75, 3.05) is 0 Å². The van der Waals surface area contributed by atoms with Gasteiger partial charge in [-0.2, -0.15) is 0 Å². The van der Waals surface area contributed by atoms with Gasteiger partial charge >= 0.3 is 0 Å². The molecule has 0 spiro atoms. The van der Waals surface area contributed by atoms with Gasteiger partial charge < -0.3 is 0 Å². The number of hydrogen-bond acceptors (Lipinski definition) is 3. The molecule has 2 aromatic heterocycles. The standard InChI is InChI=1S/C46H31N3/c1-4-15-32(16-5-1)42-31-43(33-17-6-2-7-18-33)49-45(48-42)36-20-14-19-34(29-36)35-26-27-41-39(30-35)38-23-10-11-24-40(38)46(41,37-21-8-3-9-22-37)44-25-12-13-28-47-44/h1-31H. The number of aromatic nitrogens is 3. The van der Waals surface area contributed by atoms with Crippen molar-refractivity contribution in [1.29, 1.82) is 0 Å². The maximum Gasteiger partial charge on any atom is 0.160 e. The molecule has 2 heterocycles. The smallest absolute Gasteiger partial charge is 0.160 e. The van der Waals surface area contributed by atoms with E-state index in [1.807, 2.05) is 48.7 Å². The van der Waals surface area contributed by atoms with Crippen molar-refractivity contribution >= 4 is 0 Å². The zero-order chi connectivity index (χ0) is 32.6. The van der Waals surface area contributed by atoms with Gasteiger partial charge in [0.25, 0.3) is 0 Å². The molecule has 3 nitrogen and oxygen atoms in total. The summed E-state index contributed by atoms with van der Waals surface area (Å²) in [7, 11) is 0. The molecule has 1 unspecified atom stereocenters. The zero-order valence-electron chi connectivity index (χ0n) is 26.7. The lowest BCUT2D eigenvalue weighted by Crippen LogP contribution is -2.29. The summed E-state index contributed by atoms with van der Waals surface area (Å²) >= 11 is 0. The van der Waals surface area contributed by atoms with E-state index in [1.54, 1.807) is 0 Å². The molecule has 0 N–H and O–H groups in total. The second-order valence-corrected chi connectivity index (χ2v) is 12.4. The summed E-state index contributed by atoms with van der Waals surface area (Å²) in [6.07, 6.45) is 1.90. The van der Waals surface area contributed by atoms with Gasteiger partial charge in [-0.3, -0.25) is 4.98 Å². The van der Waals surface area contributed by atoms with E-state index in [-0.39, 0.29) is 0 Å². The van der Waals surface area contributed by atoms with Gasteiger partial charge in [-0.1, -0.05) is 152 Å². The van der Waals surface area contributed by atoms with E-state index in [0.717, 1.165) is 44.9 Å². The molecule has 0 aliphatic heterocycles. The molecule has 1 atom stereocenters. The molecule has 230 valence electrons. The van der Waals surface area contributed by atoms with Gasteiger partial charge in [-0.15, -0.1) is 0 Å². The van der Waals surface area contributed by atoms with Gasteiger partial charge in [0.1, 0.15) is 0 Å². The van der Waals surface area contributed by atoms with Crippen LogP contribution in [0.1, 0.15) is 22.4 Å². The first-order chi connectivity index (χ1) is 24.3. The summed E-state index contributed by atoms with van der Waals surface area (Å²) in [4.78, 5) is 15.2. The first-order valence-corrected chi connectivity index (χ1v) is 16.6. The highest BCUT2D eigenvalue weighted by molar-refractivity contribution is 5.89. The monoisotopic (exact) mass is 625 g/mol. The first kappa shape index (κ1) is 28.7. The molecule has 9 rings (SSSR count). The molecule has 0 saturated heterocycles. The predicted octanol–water partition coefficient (Wildman–Crippen LogP) is 10.9. The van der Waals surface area contributed by atoms with E-state index in [4.69, 9.17) is 15.0 Å². The maximum atomic E-state index is 5.09. The highest BCUT2D eigenvalue weighted by Crippen LogP contribution is 2.56. The lowest BCUT2D eigenvalue weighted by atomic mass is 9.70. The van der Waals surface area contributed by atoms with Crippen LogP contribution < -0.4 is 0 Å². The summed E-state index contributed by atoms with van der Waals surface area (Å²) < 4.78 is 0. The normalized spacial score (nSPS) is 14.6. The molecular formula is C46H31N3. The topological polar surface area (TPSA) is 38.7 Å². The maximum absolute atomic E-state index is 5.09. The Labute approximate surface area is 286 Å². The van der Waals surface area contributed by atoms with Crippen molar-refractivity contribution in [2.45, 2.75) is 5.41 Å². The Hall–Kier alpha value is -6.45. The third-order valence-electron chi connectivity index (χ3n) is 9.62. The van der Waals surface area contributed by atoms with Gasteiger partial charge in [0.2, 0.25) is 0 Å². The molecule has 0 radical (unpaired) electrons. The quantitative estimate of drug-likeness (QED) is 0.185. The Balaban J connectivity index is 1.20. The van der Waals surface area contributed by atoms with Gasteiger partial charge in [0, 0.05) is 22.9 Å². The second kappa shape index (κ2) is 12.0. The number of pyridine rings is 1. The van der Waals surface area contributed by atoms with Crippen LogP contribution in [0.15, 0.2) is 188 Å². The van der Waals surface area contributed by atoms with E-state index < -0.39 is 5.41 Å². The average Bonchev–Trinajstić information content (AvgIpc) is 3.49. The van der Waals surface area contributed by atoms with Gasteiger partial charge in [-0.25, -0.2) is 9.97 Å². The lowest BCUT2D eigenvalue weighted by Gasteiger charge is -2.32. The van der Waals surface area contributed by atoms with Crippen molar-refractivity contribution in [3.8, 4) is 56.2 Å². The fourth-order valence-corrected chi connectivity index (χ4v) is 7.40. The molecule has 49 heavy (non-hydrogen) atoms. The summed E-state index contributed by atoms with van der Waals surface area (Å²) in [5, 5.41) is 0. The van der Waals surface area contributed by atoms with Gasteiger partial charge in [-0.05, 0) is 69.3 Å². The van der Waals surface area contributed by atoms with Crippen LogP contribution in [0.25, 0.3) is 56.2 Å². The van der Waals surface area contributed by atoms with Crippen LogP contribution in [0.3, 0.4) is 0 Å². The van der Waals surface area contributed by atoms with Gasteiger partial charge in [0.05, 0.1) is 22.5 Å². The molecule has 0 bridgehead atoms. The Morgan fingerprint density at radius 3 is 1.63 bits per heavy atom. The minimum absolute atomic E-state index is 0.519. The highest BCUT2D eigenvalue weighted by Gasteiger charge is 2.47. The summed E-state index contributed by atoms with van der Waals surface area (Å²) in [6.45, 7) is 0. The number of hydrogen-bond donors (Lipinski definition) is 0. The van der Waals surface area contributed by atoms with Crippen LogP contribution >= 0.6 is 0 Å². The van der Waals surface area contributed by atoms with Crippen molar-refractivity contribution in [1.82, 2.24) is 15.0 Å². The summed E-state index contributed by atoms with van der Waals surface area (Å²) in [5.74, 6) is 0.701. The fraction of sp³-hybridized carbons (Fsp3) is 0.0217. The van der Waals surface area contributed by atoms with Crippen LogP contribution in [0, 0.1) is 0 Å². The van der Waals surface area contributed by atoms with Crippen molar-refractivity contribution in [3.63, 3.8) is 0 Å². The van der Waals surface area contributed by atoms with Crippen molar-refractivity contribution in [2.24, 2.45) is 0 Å². The van der Waals surface area contributed by atoms with E-state index in [0.29, 0.717) is 5.82 Å². The van der Waals surface area contributed by atoms with Crippen LogP contribution in [0.2, 0.25) is 0 Å². The third kappa shape index (κ3) is 4.87. The second-order valence-electron chi connectivity index (χ2n) is 12.4. The van der Waals surface area contributed by atoms with Crippen LogP contribution in [0.5, 0.6) is 0 Å². The third-order valence-corrected chi connectivity index (χ3v) is 9.62. The van der Waals surface area contributed by atoms with Crippen LogP contribution in [-0.2, 0) is 5.41 Å². The fourth-order valence-electron chi connectivity index (χ4n) is 7.40. The molecular weight excluding hydrogens is 595 g/mol. The van der Waals surface area contributed by atoms with Crippen molar-refractivity contribution < 1.29 is 0 Å². The van der Waals surface area contributed by atoms with Crippen LogP contribution in [-0.4, -0.2) is 15.0 Å². The number of nitrogens with zero attached hydrogens (tertiary/aromatic N) is 3. The molecule has 0 fully saturated rings. The van der Waals surface area contributed by atoms with Gasteiger partial charge in [0.15, 0.2) is 5.82 Å². The highest BCUT2D eigenvalue weighted by atomic mass is 14.9. The zero-order valence-corrected chi connectivity index (χ0v) is 26.7. The predicted molar refractivity (Wildman–Crippen MR) is 199 cm³/mol. The number of fused-ring (bicyclic) bond motifs is 3. The number of benzene rings is 6. The molecule has 6 aromatic carbocycles.